The first-order valence-corrected chi connectivity index (χ1v) is 12.2. The zero-order valence-electron chi connectivity index (χ0n) is 15.1. The van der Waals surface area contributed by atoms with Crippen LogP contribution >= 0.6 is 11.3 Å². The van der Waals surface area contributed by atoms with E-state index in [2.05, 4.69) is 4.72 Å². The van der Waals surface area contributed by atoms with Gasteiger partial charge in [-0.25, -0.2) is 21.6 Å². The van der Waals surface area contributed by atoms with Gasteiger partial charge in [0.1, 0.15) is 4.21 Å². The topological polar surface area (TPSA) is 92.8 Å². The number of benzene rings is 1. The molecule has 0 spiro atoms. The van der Waals surface area contributed by atoms with E-state index in [-0.39, 0.29) is 15.6 Å². The predicted molar refractivity (Wildman–Crippen MR) is 104 cm³/mol. The molecule has 0 aliphatic carbocycles. The lowest BCUT2D eigenvalue weighted by atomic mass is 10.1. The van der Waals surface area contributed by atoms with Gasteiger partial charge in [-0.3, -0.25) is 0 Å². The maximum absolute atomic E-state index is 12.6. The van der Waals surface area contributed by atoms with Crippen molar-refractivity contribution in [2.75, 3.05) is 26.3 Å². The molecule has 7 nitrogen and oxygen atoms in total. The highest BCUT2D eigenvalue weighted by Gasteiger charge is 2.27. The van der Waals surface area contributed by atoms with Crippen LogP contribution in [0, 0.1) is 13.8 Å². The van der Waals surface area contributed by atoms with Crippen molar-refractivity contribution in [3.63, 3.8) is 0 Å². The summed E-state index contributed by atoms with van der Waals surface area (Å²) >= 11 is 1.08. The summed E-state index contributed by atoms with van der Waals surface area (Å²) in [6.07, 6.45) is 0. The van der Waals surface area contributed by atoms with Gasteiger partial charge in [0.05, 0.1) is 18.1 Å². The Morgan fingerprint density at radius 1 is 1.04 bits per heavy atom. The normalized spacial score (nSPS) is 16.5. The summed E-state index contributed by atoms with van der Waals surface area (Å²) in [6, 6.07) is 8.12. The second kappa shape index (κ2) is 7.98. The van der Waals surface area contributed by atoms with Crippen molar-refractivity contribution in [3.05, 3.63) is 46.3 Å². The minimum Gasteiger partial charge on any atom is -0.379 e. The third kappa shape index (κ3) is 4.58. The van der Waals surface area contributed by atoms with Gasteiger partial charge in [-0.2, -0.15) is 4.31 Å². The summed E-state index contributed by atoms with van der Waals surface area (Å²) in [5.41, 5.74) is 1.91. The quantitative estimate of drug-likeness (QED) is 0.755. The van der Waals surface area contributed by atoms with Crippen LogP contribution in [-0.2, 0) is 31.3 Å². The van der Waals surface area contributed by atoms with Crippen molar-refractivity contribution in [1.82, 2.24) is 9.03 Å². The summed E-state index contributed by atoms with van der Waals surface area (Å²) in [5, 5.41) is 0. The molecule has 0 bridgehead atoms. The van der Waals surface area contributed by atoms with Gasteiger partial charge >= 0.3 is 0 Å². The van der Waals surface area contributed by atoms with Crippen LogP contribution in [0.25, 0.3) is 0 Å². The highest BCUT2D eigenvalue weighted by molar-refractivity contribution is 7.91. The molecule has 1 aromatic heterocycles. The maximum atomic E-state index is 12.6. The molecule has 2 aromatic rings. The lowest BCUT2D eigenvalue weighted by Gasteiger charge is -2.25. The number of ether oxygens (including phenoxy) is 1. The maximum Gasteiger partial charge on any atom is 0.252 e. The van der Waals surface area contributed by atoms with Crippen LogP contribution in [0.15, 0.2) is 39.4 Å². The number of rotatable bonds is 6. The molecule has 3 rings (SSSR count). The molecule has 10 heteroatoms. The third-order valence-electron chi connectivity index (χ3n) is 4.43. The largest absolute Gasteiger partial charge is 0.379 e. The van der Waals surface area contributed by atoms with Crippen molar-refractivity contribution < 1.29 is 21.6 Å². The Hall–Kier alpha value is -1.30. The zero-order chi connectivity index (χ0) is 19.7. The van der Waals surface area contributed by atoms with E-state index < -0.39 is 20.0 Å². The molecular formula is C17H22N2O5S3. The highest BCUT2D eigenvalue weighted by Crippen LogP contribution is 2.26. The van der Waals surface area contributed by atoms with Gasteiger partial charge in [0.15, 0.2) is 0 Å². The fourth-order valence-corrected chi connectivity index (χ4v) is 6.68. The number of aryl methyl sites for hydroxylation is 2. The van der Waals surface area contributed by atoms with Crippen LogP contribution < -0.4 is 4.72 Å². The Bertz CT molecular complexity index is 1020. The molecule has 1 aliphatic rings. The second-order valence-corrected chi connectivity index (χ2v) is 11.4. The van der Waals surface area contributed by atoms with Crippen molar-refractivity contribution in [3.8, 4) is 0 Å². The summed E-state index contributed by atoms with van der Waals surface area (Å²) in [4.78, 5) is 0.831. The number of sulfonamides is 2. The zero-order valence-corrected chi connectivity index (χ0v) is 17.6. The van der Waals surface area contributed by atoms with Crippen molar-refractivity contribution in [2.45, 2.75) is 29.5 Å². The van der Waals surface area contributed by atoms with Gasteiger partial charge in [0, 0.05) is 24.5 Å². The Morgan fingerprint density at radius 3 is 2.41 bits per heavy atom. The van der Waals surface area contributed by atoms with Gasteiger partial charge < -0.3 is 4.74 Å². The summed E-state index contributed by atoms with van der Waals surface area (Å²) in [6.45, 7) is 5.24. The smallest absolute Gasteiger partial charge is 0.252 e. The number of hydrogen-bond acceptors (Lipinski definition) is 6. The number of nitrogens with zero attached hydrogens (tertiary/aromatic N) is 1. The molecule has 1 saturated heterocycles. The lowest BCUT2D eigenvalue weighted by molar-refractivity contribution is 0.0731. The fourth-order valence-electron chi connectivity index (χ4n) is 2.64. The van der Waals surface area contributed by atoms with Crippen LogP contribution in [0.4, 0.5) is 0 Å². The molecule has 0 amide bonds. The number of morpholine rings is 1. The van der Waals surface area contributed by atoms with E-state index in [1.807, 2.05) is 13.8 Å². The van der Waals surface area contributed by atoms with E-state index in [4.69, 9.17) is 4.74 Å². The molecule has 1 N–H and O–H groups in total. The van der Waals surface area contributed by atoms with Crippen LogP contribution in [0.2, 0.25) is 0 Å². The van der Waals surface area contributed by atoms with E-state index >= 15 is 0 Å². The van der Waals surface area contributed by atoms with Crippen molar-refractivity contribution in [2.24, 2.45) is 0 Å². The van der Waals surface area contributed by atoms with Crippen LogP contribution in [0.5, 0.6) is 0 Å². The fraction of sp³-hybridized carbons (Fsp3) is 0.412. The van der Waals surface area contributed by atoms with Crippen LogP contribution in [0.3, 0.4) is 0 Å². The Balaban J connectivity index is 1.71. The van der Waals surface area contributed by atoms with Crippen molar-refractivity contribution in [1.29, 1.82) is 0 Å². The molecule has 1 aliphatic heterocycles. The first-order valence-electron chi connectivity index (χ1n) is 8.44. The Labute approximate surface area is 164 Å². The summed E-state index contributed by atoms with van der Waals surface area (Å²) < 4.78 is 59.5. The van der Waals surface area contributed by atoms with E-state index in [0.29, 0.717) is 31.2 Å². The lowest BCUT2D eigenvalue weighted by Crippen LogP contribution is -2.40. The number of nitrogens with one attached hydrogen (secondary N) is 1. The van der Waals surface area contributed by atoms with Gasteiger partial charge in [-0.05, 0) is 49.2 Å². The molecular weight excluding hydrogens is 408 g/mol. The average Bonchev–Trinajstić information content (AvgIpc) is 3.13. The van der Waals surface area contributed by atoms with E-state index in [1.54, 1.807) is 24.3 Å². The van der Waals surface area contributed by atoms with Crippen LogP contribution in [-0.4, -0.2) is 47.4 Å². The highest BCUT2D eigenvalue weighted by atomic mass is 32.2. The molecule has 148 valence electrons. The van der Waals surface area contributed by atoms with Crippen molar-refractivity contribution >= 4 is 31.4 Å². The SMILES string of the molecule is Cc1ccc(S(=O)(=O)NCc2ccc(S(=O)(=O)N3CCOCC3)s2)cc1C. The molecule has 1 aromatic carbocycles. The Morgan fingerprint density at radius 2 is 1.74 bits per heavy atom. The van der Waals surface area contributed by atoms with E-state index in [9.17, 15) is 16.8 Å². The van der Waals surface area contributed by atoms with Gasteiger partial charge in [0.2, 0.25) is 10.0 Å². The minimum absolute atomic E-state index is 0.0402. The molecule has 2 heterocycles. The standard InChI is InChI=1S/C17H22N2O5S3/c1-13-3-5-16(11-14(13)2)26(20,21)18-12-15-4-6-17(25-15)27(22,23)19-7-9-24-10-8-19/h3-6,11,18H,7-10,12H2,1-2H3. The summed E-state index contributed by atoms with van der Waals surface area (Å²) in [7, 11) is -7.23. The molecule has 0 radical (unpaired) electrons. The Kier molecular flexibility index (Phi) is 6.04. The molecule has 0 unspecified atom stereocenters. The van der Waals surface area contributed by atoms with E-state index in [0.717, 1.165) is 22.5 Å². The molecule has 0 atom stereocenters. The monoisotopic (exact) mass is 430 g/mol. The molecule has 27 heavy (non-hydrogen) atoms. The number of hydrogen-bond donors (Lipinski definition) is 1. The van der Waals surface area contributed by atoms with Gasteiger partial charge in [-0.1, -0.05) is 6.07 Å². The number of thiophene rings is 1. The molecule has 0 saturated carbocycles. The summed E-state index contributed by atoms with van der Waals surface area (Å²) in [5.74, 6) is 0. The van der Waals surface area contributed by atoms with Gasteiger partial charge in [0.25, 0.3) is 10.0 Å². The van der Waals surface area contributed by atoms with Crippen LogP contribution in [0.1, 0.15) is 16.0 Å². The second-order valence-electron chi connectivity index (χ2n) is 6.31. The minimum atomic E-state index is -3.66. The molecule has 1 fully saturated rings. The average molecular weight is 431 g/mol. The predicted octanol–water partition coefficient (Wildman–Crippen LogP) is 1.86. The first-order chi connectivity index (χ1) is 12.7. The first kappa shape index (κ1) is 20.4. The van der Waals surface area contributed by atoms with E-state index in [1.165, 1.54) is 10.4 Å². The third-order valence-corrected chi connectivity index (χ3v) is 9.28. The van der Waals surface area contributed by atoms with Gasteiger partial charge in [-0.15, -0.1) is 11.3 Å².